The summed E-state index contributed by atoms with van der Waals surface area (Å²) in [5.41, 5.74) is 0. The normalized spacial score (nSPS) is 24.0. The Labute approximate surface area is 67.4 Å². The van der Waals surface area contributed by atoms with Gasteiger partial charge in [0.05, 0.1) is 13.2 Å². The van der Waals surface area contributed by atoms with Gasteiger partial charge in [0.1, 0.15) is 0 Å². The Balaban J connectivity index is 2.32. The number of rotatable bonds is 2. The van der Waals surface area contributed by atoms with E-state index in [-0.39, 0.29) is 0 Å². The maximum atomic E-state index is 9.55. The molecule has 1 saturated heterocycles. The summed E-state index contributed by atoms with van der Waals surface area (Å²) in [7, 11) is 3.72. The topological polar surface area (TPSA) is 35.9 Å². The molecule has 11 heavy (non-hydrogen) atoms. The molecule has 0 aromatic rings. The Morgan fingerprint density at radius 2 is 1.91 bits per heavy atom. The number of hydrogen-bond donors (Lipinski definition) is 1. The largest absolute Gasteiger partial charge is 0.379 e. The molecule has 4 nitrogen and oxygen atoms in total. The number of aliphatic hydroxyl groups excluding tert-OH is 1. The fourth-order valence-electron chi connectivity index (χ4n) is 1.14. The van der Waals surface area contributed by atoms with Gasteiger partial charge in [0.15, 0.2) is 6.35 Å². The first kappa shape index (κ1) is 8.93. The van der Waals surface area contributed by atoms with Crippen molar-refractivity contribution >= 4 is 0 Å². The van der Waals surface area contributed by atoms with E-state index in [1.807, 2.05) is 19.0 Å². The fourth-order valence-corrected chi connectivity index (χ4v) is 1.14. The zero-order chi connectivity index (χ0) is 8.27. The number of ether oxygens (including phenoxy) is 1. The van der Waals surface area contributed by atoms with E-state index in [1.54, 1.807) is 4.90 Å². The van der Waals surface area contributed by atoms with Crippen LogP contribution in [0.4, 0.5) is 0 Å². The third kappa shape index (κ3) is 2.41. The standard InChI is InChI=1S/C7H16N2O2/c1-8(2)7(10)9-3-5-11-6-4-9/h7,10H,3-6H2,1-2H3. The highest BCUT2D eigenvalue weighted by Crippen LogP contribution is 2.02. The lowest BCUT2D eigenvalue weighted by Crippen LogP contribution is -2.49. The molecule has 4 heteroatoms. The molecule has 0 aromatic carbocycles. The van der Waals surface area contributed by atoms with E-state index < -0.39 is 6.35 Å². The van der Waals surface area contributed by atoms with Crippen LogP contribution in [0.1, 0.15) is 0 Å². The number of hydrogen-bond acceptors (Lipinski definition) is 4. The van der Waals surface area contributed by atoms with Gasteiger partial charge in [0, 0.05) is 13.1 Å². The van der Waals surface area contributed by atoms with Crippen molar-refractivity contribution in [2.24, 2.45) is 0 Å². The Morgan fingerprint density at radius 1 is 1.36 bits per heavy atom. The molecule has 1 heterocycles. The van der Waals surface area contributed by atoms with Crippen molar-refractivity contribution < 1.29 is 9.84 Å². The van der Waals surface area contributed by atoms with E-state index in [0.29, 0.717) is 0 Å². The van der Waals surface area contributed by atoms with Gasteiger partial charge in [-0.05, 0) is 14.1 Å². The predicted molar refractivity (Wildman–Crippen MR) is 42.1 cm³/mol. The first-order chi connectivity index (χ1) is 5.22. The quantitative estimate of drug-likeness (QED) is 0.534. The van der Waals surface area contributed by atoms with Crippen LogP contribution in [0.5, 0.6) is 0 Å². The van der Waals surface area contributed by atoms with Gasteiger partial charge in [0.2, 0.25) is 0 Å². The summed E-state index contributed by atoms with van der Waals surface area (Å²) in [6.07, 6.45) is -0.459. The molecule has 1 fully saturated rings. The minimum Gasteiger partial charge on any atom is -0.379 e. The molecule has 0 radical (unpaired) electrons. The minimum atomic E-state index is -0.459. The van der Waals surface area contributed by atoms with E-state index in [2.05, 4.69) is 0 Å². The van der Waals surface area contributed by atoms with Crippen molar-refractivity contribution in [2.75, 3.05) is 40.4 Å². The lowest BCUT2D eigenvalue weighted by Gasteiger charge is -2.34. The van der Waals surface area contributed by atoms with Gasteiger partial charge >= 0.3 is 0 Å². The minimum absolute atomic E-state index is 0.459. The lowest BCUT2D eigenvalue weighted by atomic mass is 10.4. The molecule has 1 aliphatic rings. The van der Waals surface area contributed by atoms with Crippen LogP contribution in [0.2, 0.25) is 0 Å². The molecule has 1 rings (SSSR count). The van der Waals surface area contributed by atoms with Gasteiger partial charge in [-0.15, -0.1) is 0 Å². The molecule has 0 aromatic heterocycles. The van der Waals surface area contributed by atoms with Crippen LogP contribution in [0.15, 0.2) is 0 Å². The number of aliphatic hydroxyl groups is 1. The van der Waals surface area contributed by atoms with E-state index in [4.69, 9.17) is 4.74 Å². The SMILES string of the molecule is CN(C)C(O)N1CCOCC1. The van der Waals surface area contributed by atoms with Crippen LogP contribution in [0.25, 0.3) is 0 Å². The van der Waals surface area contributed by atoms with Gasteiger partial charge in [-0.25, -0.2) is 0 Å². The third-order valence-electron chi connectivity index (χ3n) is 1.83. The van der Waals surface area contributed by atoms with E-state index in [1.165, 1.54) is 0 Å². The maximum absolute atomic E-state index is 9.55. The second-order valence-electron chi connectivity index (χ2n) is 2.96. The van der Waals surface area contributed by atoms with E-state index in [0.717, 1.165) is 26.3 Å². The molecule has 0 bridgehead atoms. The highest BCUT2D eigenvalue weighted by atomic mass is 16.5. The lowest BCUT2D eigenvalue weighted by molar-refractivity contribution is -0.122. The summed E-state index contributed by atoms with van der Waals surface area (Å²) in [4.78, 5) is 3.77. The van der Waals surface area contributed by atoms with Gasteiger partial charge in [-0.1, -0.05) is 0 Å². The van der Waals surface area contributed by atoms with Gasteiger partial charge in [-0.2, -0.15) is 0 Å². The van der Waals surface area contributed by atoms with Crippen molar-refractivity contribution in [3.63, 3.8) is 0 Å². The Kier molecular flexibility index (Phi) is 3.26. The summed E-state index contributed by atoms with van der Waals surface area (Å²) < 4.78 is 5.16. The molecule has 1 unspecified atom stereocenters. The predicted octanol–water partition coefficient (Wildman–Crippen LogP) is -0.844. The van der Waals surface area contributed by atoms with Crippen LogP contribution in [0.3, 0.4) is 0 Å². The maximum Gasteiger partial charge on any atom is 0.165 e. The summed E-state index contributed by atoms with van der Waals surface area (Å²) in [6, 6.07) is 0. The second kappa shape index (κ2) is 4.01. The fraction of sp³-hybridized carbons (Fsp3) is 1.00. The molecular weight excluding hydrogens is 144 g/mol. The van der Waals surface area contributed by atoms with Crippen LogP contribution in [-0.2, 0) is 4.74 Å². The average molecular weight is 160 g/mol. The molecule has 0 saturated carbocycles. The molecule has 0 aliphatic carbocycles. The second-order valence-corrected chi connectivity index (χ2v) is 2.96. The monoisotopic (exact) mass is 160 g/mol. The first-order valence-corrected chi connectivity index (χ1v) is 3.88. The van der Waals surface area contributed by atoms with Crippen molar-refractivity contribution in [1.29, 1.82) is 0 Å². The molecule has 1 aliphatic heterocycles. The first-order valence-electron chi connectivity index (χ1n) is 3.88. The molecule has 66 valence electrons. The molecule has 0 spiro atoms. The third-order valence-corrected chi connectivity index (χ3v) is 1.83. The zero-order valence-electron chi connectivity index (χ0n) is 7.16. The van der Waals surface area contributed by atoms with E-state index in [9.17, 15) is 5.11 Å². The van der Waals surface area contributed by atoms with Crippen LogP contribution < -0.4 is 0 Å². The molecule has 1 N–H and O–H groups in total. The highest BCUT2D eigenvalue weighted by molar-refractivity contribution is 4.63. The van der Waals surface area contributed by atoms with Gasteiger partial charge in [0.25, 0.3) is 0 Å². The summed E-state index contributed by atoms with van der Waals surface area (Å²) >= 11 is 0. The van der Waals surface area contributed by atoms with Crippen molar-refractivity contribution in [3.8, 4) is 0 Å². The number of morpholine rings is 1. The Bertz CT molecular complexity index is 113. The number of nitrogens with zero attached hydrogens (tertiary/aromatic N) is 2. The summed E-state index contributed by atoms with van der Waals surface area (Å²) in [6.45, 7) is 3.09. The van der Waals surface area contributed by atoms with Crippen LogP contribution in [0, 0.1) is 0 Å². The summed E-state index contributed by atoms with van der Waals surface area (Å²) in [5, 5.41) is 9.55. The van der Waals surface area contributed by atoms with Crippen molar-refractivity contribution in [2.45, 2.75) is 6.35 Å². The van der Waals surface area contributed by atoms with Crippen LogP contribution in [-0.4, -0.2) is 61.7 Å². The highest BCUT2D eigenvalue weighted by Gasteiger charge is 2.19. The van der Waals surface area contributed by atoms with Crippen LogP contribution >= 0.6 is 0 Å². The Morgan fingerprint density at radius 3 is 2.36 bits per heavy atom. The van der Waals surface area contributed by atoms with E-state index >= 15 is 0 Å². The Hall–Kier alpha value is -0.160. The smallest absolute Gasteiger partial charge is 0.165 e. The van der Waals surface area contributed by atoms with Crippen molar-refractivity contribution in [1.82, 2.24) is 9.80 Å². The van der Waals surface area contributed by atoms with Gasteiger partial charge in [-0.3, -0.25) is 9.80 Å². The molecule has 0 amide bonds. The average Bonchev–Trinajstić information content (AvgIpc) is 2.05. The molecule has 1 atom stereocenters. The zero-order valence-corrected chi connectivity index (χ0v) is 7.16. The van der Waals surface area contributed by atoms with Crippen molar-refractivity contribution in [3.05, 3.63) is 0 Å². The summed E-state index contributed by atoms with van der Waals surface area (Å²) in [5.74, 6) is 0. The molecular formula is C7H16N2O2. The van der Waals surface area contributed by atoms with Gasteiger partial charge < -0.3 is 9.84 Å².